The molecule has 0 bridgehead atoms. The third-order valence-corrected chi connectivity index (χ3v) is 2.38. The first-order valence-electron chi connectivity index (χ1n) is 5.16. The van der Waals surface area contributed by atoms with Gasteiger partial charge in [0.05, 0.1) is 12.2 Å². The number of aliphatic hydroxyl groups excluding tert-OH is 2. The van der Waals surface area contributed by atoms with Crippen LogP contribution in [0.1, 0.15) is 33.6 Å². The predicted octanol–water partition coefficient (Wildman–Crippen LogP) is 0.534. The molecule has 2 unspecified atom stereocenters. The molecule has 2 N–H and O–H groups in total. The maximum Gasteiger partial charge on any atom is 0.216 e. The monoisotopic (exact) mass is 203 g/mol. The Kier molecular flexibility index (Phi) is 3.89. The van der Waals surface area contributed by atoms with E-state index in [1.165, 1.54) is 0 Å². The molecule has 1 fully saturated rings. The third kappa shape index (κ3) is 3.20. The number of ether oxygens (including phenoxy) is 1. The summed E-state index contributed by atoms with van der Waals surface area (Å²) in [5.74, 6) is 0. The Morgan fingerprint density at radius 3 is 2.64 bits per heavy atom. The van der Waals surface area contributed by atoms with Gasteiger partial charge in [0.15, 0.2) is 0 Å². The third-order valence-electron chi connectivity index (χ3n) is 2.38. The summed E-state index contributed by atoms with van der Waals surface area (Å²) in [5, 5.41) is 18.9. The number of rotatable bonds is 3. The second-order valence-electron chi connectivity index (χ2n) is 4.77. The zero-order chi connectivity index (χ0) is 10.8. The van der Waals surface area contributed by atoms with E-state index in [1.54, 1.807) is 0 Å². The summed E-state index contributed by atoms with van der Waals surface area (Å²) in [6.07, 6.45) is 1.05. The molecule has 4 nitrogen and oxygen atoms in total. The summed E-state index contributed by atoms with van der Waals surface area (Å²) in [4.78, 5) is 1.81. The van der Waals surface area contributed by atoms with Crippen LogP contribution in [0.3, 0.4) is 0 Å². The predicted molar refractivity (Wildman–Crippen MR) is 53.7 cm³/mol. The Bertz CT molecular complexity index is 179. The van der Waals surface area contributed by atoms with E-state index in [4.69, 9.17) is 9.84 Å². The fourth-order valence-corrected chi connectivity index (χ4v) is 1.73. The molecule has 4 heteroatoms. The Labute approximate surface area is 85.5 Å². The van der Waals surface area contributed by atoms with Crippen molar-refractivity contribution in [2.75, 3.05) is 13.2 Å². The van der Waals surface area contributed by atoms with Crippen LogP contribution < -0.4 is 0 Å². The Morgan fingerprint density at radius 2 is 2.14 bits per heavy atom. The molecule has 0 aliphatic carbocycles. The lowest BCUT2D eigenvalue weighted by atomic mass is 10.2. The van der Waals surface area contributed by atoms with Gasteiger partial charge in [0.25, 0.3) is 0 Å². The molecule has 1 aliphatic rings. The molecule has 0 aromatic heterocycles. The second-order valence-corrected chi connectivity index (χ2v) is 4.77. The van der Waals surface area contributed by atoms with E-state index in [2.05, 4.69) is 0 Å². The largest absolute Gasteiger partial charge is 0.395 e. The average molecular weight is 203 g/mol. The summed E-state index contributed by atoms with van der Waals surface area (Å²) >= 11 is 0. The highest BCUT2D eigenvalue weighted by molar-refractivity contribution is 4.78. The van der Waals surface area contributed by atoms with Crippen molar-refractivity contribution in [2.24, 2.45) is 0 Å². The van der Waals surface area contributed by atoms with Crippen molar-refractivity contribution in [3.63, 3.8) is 0 Å². The van der Waals surface area contributed by atoms with Gasteiger partial charge in [-0.3, -0.25) is 0 Å². The van der Waals surface area contributed by atoms with Crippen LogP contribution in [-0.4, -0.2) is 46.3 Å². The SMILES string of the molecule is CC(C)(C)OC(O)N1CCCC1CO. The van der Waals surface area contributed by atoms with Crippen LogP contribution in [0, 0.1) is 0 Å². The zero-order valence-corrected chi connectivity index (χ0v) is 9.23. The number of nitrogens with zero attached hydrogens (tertiary/aromatic N) is 1. The molecular formula is C10H21NO3. The Morgan fingerprint density at radius 1 is 1.50 bits per heavy atom. The molecule has 0 amide bonds. The van der Waals surface area contributed by atoms with Gasteiger partial charge in [-0.05, 0) is 33.6 Å². The maximum atomic E-state index is 9.78. The highest BCUT2D eigenvalue weighted by atomic mass is 16.6. The molecule has 84 valence electrons. The molecule has 1 rings (SSSR count). The molecule has 2 atom stereocenters. The van der Waals surface area contributed by atoms with Crippen molar-refractivity contribution in [1.82, 2.24) is 4.90 Å². The van der Waals surface area contributed by atoms with Crippen LogP contribution >= 0.6 is 0 Å². The van der Waals surface area contributed by atoms with Crippen LogP contribution in [0.2, 0.25) is 0 Å². The van der Waals surface area contributed by atoms with E-state index < -0.39 is 6.41 Å². The smallest absolute Gasteiger partial charge is 0.216 e. The summed E-state index contributed by atoms with van der Waals surface area (Å²) < 4.78 is 5.42. The van der Waals surface area contributed by atoms with Crippen molar-refractivity contribution in [3.8, 4) is 0 Å². The molecule has 1 heterocycles. The van der Waals surface area contributed by atoms with E-state index in [1.807, 2.05) is 25.7 Å². The first-order valence-corrected chi connectivity index (χ1v) is 5.16. The topological polar surface area (TPSA) is 52.9 Å². The van der Waals surface area contributed by atoms with E-state index in [0.717, 1.165) is 19.4 Å². The van der Waals surface area contributed by atoms with E-state index >= 15 is 0 Å². The first kappa shape index (κ1) is 11.9. The average Bonchev–Trinajstić information content (AvgIpc) is 2.47. The lowest BCUT2D eigenvalue weighted by Crippen LogP contribution is -2.45. The van der Waals surface area contributed by atoms with Crippen molar-refractivity contribution in [2.45, 2.75) is 51.7 Å². The minimum absolute atomic E-state index is 0.0485. The van der Waals surface area contributed by atoms with Gasteiger partial charge in [-0.2, -0.15) is 0 Å². The van der Waals surface area contributed by atoms with Crippen LogP contribution in [0.4, 0.5) is 0 Å². The van der Waals surface area contributed by atoms with Gasteiger partial charge < -0.3 is 14.9 Å². The van der Waals surface area contributed by atoms with Gasteiger partial charge in [0.2, 0.25) is 6.41 Å². The minimum atomic E-state index is -0.894. The van der Waals surface area contributed by atoms with Crippen LogP contribution in [0.5, 0.6) is 0 Å². The van der Waals surface area contributed by atoms with Crippen molar-refractivity contribution in [1.29, 1.82) is 0 Å². The van der Waals surface area contributed by atoms with Gasteiger partial charge in [0.1, 0.15) is 0 Å². The van der Waals surface area contributed by atoms with Crippen LogP contribution in [0.15, 0.2) is 0 Å². The van der Waals surface area contributed by atoms with Crippen molar-refractivity contribution in [3.05, 3.63) is 0 Å². The molecule has 14 heavy (non-hydrogen) atoms. The van der Waals surface area contributed by atoms with E-state index in [-0.39, 0.29) is 18.2 Å². The minimum Gasteiger partial charge on any atom is -0.395 e. The Hall–Kier alpha value is -0.160. The summed E-state index contributed by atoms with van der Waals surface area (Å²) in [5.41, 5.74) is -0.359. The molecule has 1 saturated heterocycles. The molecule has 1 aliphatic heterocycles. The Balaban J connectivity index is 2.47. The molecule has 0 spiro atoms. The van der Waals surface area contributed by atoms with Gasteiger partial charge in [-0.15, -0.1) is 0 Å². The van der Waals surface area contributed by atoms with Crippen LogP contribution in [-0.2, 0) is 4.74 Å². The lowest BCUT2D eigenvalue weighted by molar-refractivity contribution is -0.244. The second kappa shape index (κ2) is 4.57. The number of aliphatic hydroxyl groups is 2. The number of likely N-dealkylation sites (tertiary alicyclic amines) is 1. The van der Waals surface area contributed by atoms with Crippen molar-refractivity contribution < 1.29 is 14.9 Å². The van der Waals surface area contributed by atoms with Crippen molar-refractivity contribution >= 4 is 0 Å². The number of hydrogen-bond donors (Lipinski definition) is 2. The standard InChI is InChI=1S/C10H21NO3/c1-10(2,3)14-9(13)11-6-4-5-8(11)7-12/h8-9,12-13H,4-7H2,1-3H3. The fourth-order valence-electron chi connectivity index (χ4n) is 1.73. The molecule has 0 aromatic carbocycles. The molecule has 0 radical (unpaired) electrons. The molecular weight excluding hydrogens is 182 g/mol. The lowest BCUT2D eigenvalue weighted by Gasteiger charge is -2.32. The fraction of sp³-hybridized carbons (Fsp3) is 1.00. The first-order chi connectivity index (χ1) is 6.44. The zero-order valence-electron chi connectivity index (χ0n) is 9.23. The summed E-state index contributed by atoms with van der Waals surface area (Å²) in [7, 11) is 0. The number of hydrogen-bond acceptors (Lipinski definition) is 4. The van der Waals surface area contributed by atoms with Gasteiger partial charge >= 0.3 is 0 Å². The van der Waals surface area contributed by atoms with Gasteiger partial charge in [0, 0.05) is 12.6 Å². The quantitative estimate of drug-likeness (QED) is 0.657. The highest BCUT2D eigenvalue weighted by Gasteiger charge is 2.31. The maximum absolute atomic E-state index is 9.78. The van der Waals surface area contributed by atoms with Crippen LogP contribution in [0.25, 0.3) is 0 Å². The molecule has 0 saturated carbocycles. The highest BCUT2D eigenvalue weighted by Crippen LogP contribution is 2.21. The summed E-state index contributed by atoms with van der Waals surface area (Å²) in [6, 6.07) is 0.0485. The summed E-state index contributed by atoms with van der Waals surface area (Å²) in [6.45, 7) is 6.59. The van der Waals surface area contributed by atoms with Gasteiger partial charge in [-0.1, -0.05) is 0 Å². The normalized spacial score (nSPS) is 26.8. The molecule has 0 aromatic rings. The van der Waals surface area contributed by atoms with E-state index in [9.17, 15) is 5.11 Å². The van der Waals surface area contributed by atoms with Gasteiger partial charge in [-0.25, -0.2) is 4.90 Å². The van der Waals surface area contributed by atoms with E-state index in [0.29, 0.717) is 0 Å².